The number of nitrogens with two attached hydrogens (primary N) is 1. The molecule has 0 bridgehead atoms. The smallest absolute Gasteiger partial charge is 0.213 e. The second-order valence-corrected chi connectivity index (χ2v) is 4.30. The van der Waals surface area contributed by atoms with Crippen molar-refractivity contribution >= 4 is 0 Å². The van der Waals surface area contributed by atoms with Crippen LogP contribution in [-0.2, 0) is 13.0 Å². The van der Waals surface area contributed by atoms with Crippen molar-refractivity contribution < 1.29 is 9.26 Å². The molecule has 0 saturated carbocycles. The molecule has 2 rings (SSSR count). The minimum absolute atomic E-state index is 0.235. The van der Waals surface area contributed by atoms with Gasteiger partial charge in [0.15, 0.2) is 6.61 Å². The van der Waals surface area contributed by atoms with Gasteiger partial charge in [0.1, 0.15) is 5.75 Å². The topological polar surface area (TPSA) is 74.2 Å². The molecule has 0 saturated heterocycles. The number of benzene rings is 1. The van der Waals surface area contributed by atoms with Gasteiger partial charge in [-0.3, -0.25) is 0 Å². The highest BCUT2D eigenvalue weighted by molar-refractivity contribution is 5.27. The van der Waals surface area contributed by atoms with E-state index in [2.05, 4.69) is 14.7 Å². The lowest BCUT2D eigenvalue weighted by Crippen LogP contribution is -2.15. The second kappa shape index (κ2) is 6.16. The third kappa shape index (κ3) is 3.85. The fourth-order valence-electron chi connectivity index (χ4n) is 1.55. The number of ether oxygens (including phenoxy) is 1. The van der Waals surface area contributed by atoms with Crippen LogP contribution in [0, 0.1) is 0 Å². The first-order valence-electron chi connectivity index (χ1n) is 5.96. The molecule has 1 atom stereocenters. The van der Waals surface area contributed by atoms with Crippen LogP contribution in [0.2, 0.25) is 0 Å². The maximum atomic E-state index is 5.72. The molecule has 0 radical (unpaired) electrons. The molecule has 0 aliphatic rings. The zero-order valence-corrected chi connectivity index (χ0v) is 10.4. The molecule has 0 amide bonds. The lowest BCUT2D eigenvalue weighted by atomic mass is 10.1. The quantitative estimate of drug-likeness (QED) is 0.844. The molecule has 1 heterocycles. The number of hydrogen-bond acceptors (Lipinski definition) is 5. The monoisotopic (exact) mass is 247 g/mol. The van der Waals surface area contributed by atoms with Gasteiger partial charge in [-0.1, -0.05) is 17.3 Å². The minimum atomic E-state index is 0.235. The summed E-state index contributed by atoms with van der Waals surface area (Å²) in [6.45, 7) is 2.33. The Bertz CT molecular complexity index is 452. The van der Waals surface area contributed by atoms with E-state index in [-0.39, 0.29) is 6.04 Å². The van der Waals surface area contributed by atoms with E-state index in [1.54, 1.807) is 0 Å². The third-order valence-electron chi connectivity index (χ3n) is 2.59. The molecule has 1 aromatic carbocycles. The summed E-state index contributed by atoms with van der Waals surface area (Å²) in [6.07, 6.45) is 3.27. The van der Waals surface area contributed by atoms with E-state index in [1.807, 2.05) is 31.2 Å². The van der Waals surface area contributed by atoms with E-state index in [4.69, 9.17) is 10.5 Å². The normalized spacial score (nSPS) is 12.3. The van der Waals surface area contributed by atoms with Crippen LogP contribution in [0.15, 0.2) is 35.2 Å². The maximum Gasteiger partial charge on any atom is 0.213 e. The van der Waals surface area contributed by atoms with E-state index in [0.29, 0.717) is 12.4 Å². The average molecular weight is 247 g/mol. The Hall–Kier alpha value is -1.88. The average Bonchev–Trinajstić information content (AvgIpc) is 2.88. The largest absolute Gasteiger partial charge is 0.485 e. The fraction of sp³-hybridized carbons (Fsp3) is 0.385. The molecule has 2 N–H and O–H groups in total. The lowest BCUT2D eigenvalue weighted by Gasteiger charge is -2.07. The summed E-state index contributed by atoms with van der Waals surface area (Å²) in [4.78, 5) is 3.88. The van der Waals surface area contributed by atoms with E-state index in [9.17, 15) is 0 Å². The fourth-order valence-corrected chi connectivity index (χ4v) is 1.55. The van der Waals surface area contributed by atoms with Gasteiger partial charge in [0, 0.05) is 6.04 Å². The molecular formula is C13H17N3O2. The Balaban J connectivity index is 1.83. The minimum Gasteiger partial charge on any atom is -0.485 e. The molecule has 0 aliphatic carbocycles. The molecule has 5 heteroatoms. The van der Waals surface area contributed by atoms with Crippen LogP contribution in [0.1, 0.15) is 24.7 Å². The highest BCUT2D eigenvalue weighted by Gasteiger charge is 2.01. The van der Waals surface area contributed by atoms with Crippen molar-refractivity contribution in [1.29, 1.82) is 0 Å². The molecular weight excluding hydrogens is 230 g/mol. The lowest BCUT2D eigenvalue weighted by molar-refractivity contribution is 0.286. The second-order valence-electron chi connectivity index (χ2n) is 4.30. The first-order valence-corrected chi connectivity index (χ1v) is 5.96. The Morgan fingerprint density at radius 2 is 2.11 bits per heavy atom. The van der Waals surface area contributed by atoms with Crippen LogP contribution in [0.5, 0.6) is 5.75 Å². The van der Waals surface area contributed by atoms with E-state index >= 15 is 0 Å². The molecule has 18 heavy (non-hydrogen) atoms. The number of nitrogens with zero attached hydrogens (tertiary/aromatic N) is 2. The first kappa shape index (κ1) is 12.6. The van der Waals surface area contributed by atoms with Crippen molar-refractivity contribution in [2.45, 2.75) is 32.4 Å². The molecule has 5 nitrogen and oxygen atoms in total. The van der Waals surface area contributed by atoms with Gasteiger partial charge in [0.25, 0.3) is 0 Å². The van der Waals surface area contributed by atoms with Gasteiger partial charge < -0.3 is 15.0 Å². The predicted octanol–water partition coefficient (Wildman–Crippen LogP) is 1.93. The predicted molar refractivity (Wildman–Crippen MR) is 67.0 cm³/mol. The van der Waals surface area contributed by atoms with Gasteiger partial charge in [-0.25, -0.2) is 0 Å². The molecule has 0 aliphatic heterocycles. The van der Waals surface area contributed by atoms with Gasteiger partial charge in [-0.15, -0.1) is 0 Å². The molecule has 0 fully saturated rings. The van der Waals surface area contributed by atoms with Gasteiger partial charge >= 0.3 is 0 Å². The Kier molecular flexibility index (Phi) is 4.30. The van der Waals surface area contributed by atoms with Crippen molar-refractivity contribution in [3.8, 4) is 5.75 Å². The summed E-state index contributed by atoms with van der Waals surface area (Å²) in [6, 6.07) is 8.22. The summed E-state index contributed by atoms with van der Waals surface area (Å²) < 4.78 is 10.1. The number of aromatic nitrogens is 2. The summed E-state index contributed by atoms with van der Waals surface area (Å²) in [5, 5.41) is 3.67. The van der Waals surface area contributed by atoms with Crippen LogP contribution < -0.4 is 10.5 Å². The molecule has 1 aromatic heterocycles. The van der Waals surface area contributed by atoms with Crippen LogP contribution in [-0.4, -0.2) is 16.2 Å². The van der Waals surface area contributed by atoms with Crippen LogP contribution >= 0.6 is 0 Å². The SMILES string of the molecule is CC(N)CCc1ccc(OCc2ncon2)cc1. The Labute approximate surface area is 106 Å². The van der Waals surface area contributed by atoms with E-state index in [1.165, 1.54) is 12.0 Å². The molecule has 1 unspecified atom stereocenters. The van der Waals surface area contributed by atoms with Crippen molar-refractivity contribution in [2.24, 2.45) is 5.73 Å². The maximum absolute atomic E-state index is 5.72. The van der Waals surface area contributed by atoms with Gasteiger partial charge in [-0.2, -0.15) is 4.98 Å². The van der Waals surface area contributed by atoms with Crippen molar-refractivity contribution in [3.05, 3.63) is 42.0 Å². The summed E-state index contributed by atoms with van der Waals surface area (Å²) >= 11 is 0. The first-order chi connectivity index (χ1) is 8.74. The highest BCUT2D eigenvalue weighted by atomic mass is 16.5. The van der Waals surface area contributed by atoms with Crippen LogP contribution in [0.25, 0.3) is 0 Å². The number of rotatable bonds is 6. The van der Waals surface area contributed by atoms with Crippen LogP contribution in [0.4, 0.5) is 0 Å². The van der Waals surface area contributed by atoms with E-state index < -0.39 is 0 Å². The Morgan fingerprint density at radius 1 is 1.33 bits per heavy atom. The Morgan fingerprint density at radius 3 is 2.72 bits per heavy atom. The van der Waals surface area contributed by atoms with Gasteiger partial charge in [0.05, 0.1) is 0 Å². The molecule has 2 aromatic rings. The van der Waals surface area contributed by atoms with E-state index in [0.717, 1.165) is 18.6 Å². The van der Waals surface area contributed by atoms with Gasteiger partial charge in [-0.05, 0) is 37.5 Å². The third-order valence-corrected chi connectivity index (χ3v) is 2.59. The van der Waals surface area contributed by atoms with Gasteiger partial charge in [0.2, 0.25) is 12.2 Å². The standard InChI is InChI=1S/C13H17N3O2/c1-10(14)2-3-11-4-6-12(7-5-11)17-8-13-15-9-18-16-13/h4-7,9-10H,2-3,8,14H2,1H3. The van der Waals surface area contributed by atoms with Crippen LogP contribution in [0.3, 0.4) is 0 Å². The van der Waals surface area contributed by atoms with Crippen molar-refractivity contribution in [3.63, 3.8) is 0 Å². The summed E-state index contributed by atoms with van der Waals surface area (Å²) in [5.41, 5.74) is 6.99. The highest BCUT2D eigenvalue weighted by Crippen LogP contribution is 2.14. The van der Waals surface area contributed by atoms with Crippen molar-refractivity contribution in [1.82, 2.24) is 10.1 Å². The molecule has 0 spiro atoms. The zero-order valence-electron chi connectivity index (χ0n) is 10.4. The molecule has 96 valence electrons. The number of aryl methyl sites for hydroxylation is 1. The number of hydrogen-bond donors (Lipinski definition) is 1. The van der Waals surface area contributed by atoms with Crippen molar-refractivity contribution in [2.75, 3.05) is 0 Å². The summed E-state index contributed by atoms with van der Waals surface area (Å²) in [5.74, 6) is 1.33. The summed E-state index contributed by atoms with van der Waals surface area (Å²) in [7, 11) is 0. The zero-order chi connectivity index (χ0) is 12.8.